The number of benzene rings is 6. The van der Waals surface area contributed by atoms with Gasteiger partial charge in [-0.3, -0.25) is 14.8 Å². The molecule has 0 unspecified atom stereocenters. The first-order chi connectivity index (χ1) is 45.5. The maximum atomic E-state index is 14.7. The first-order valence-corrected chi connectivity index (χ1v) is 41.0. The van der Waals surface area contributed by atoms with Gasteiger partial charge < -0.3 is 0 Å². The molecule has 1 aromatic heterocycles. The van der Waals surface area contributed by atoms with Crippen molar-refractivity contribution >= 4 is 60.1 Å². The van der Waals surface area contributed by atoms with Gasteiger partial charge in [0.05, 0.1) is 35.1 Å². The van der Waals surface area contributed by atoms with Gasteiger partial charge in [-0.05, 0) is 165 Å². The number of hydrogen-bond donors (Lipinski definition) is 0. The van der Waals surface area contributed by atoms with Gasteiger partial charge >= 0.3 is 0 Å². The summed E-state index contributed by atoms with van der Waals surface area (Å²) in [6, 6.07) is 42.8. The summed E-state index contributed by atoms with van der Waals surface area (Å²) >= 11 is 0. The van der Waals surface area contributed by atoms with Gasteiger partial charge in [-0.1, -0.05) is 112 Å². The lowest BCUT2D eigenvalue weighted by Crippen LogP contribution is -2.45. The molecule has 0 amide bonds. The Labute approximate surface area is 570 Å². The van der Waals surface area contributed by atoms with Crippen LogP contribution in [0.3, 0.4) is 0 Å². The molecule has 0 radical (unpaired) electrons. The lowest BCUT2D eigenvalue weighted by Gasteiger charge is -2.31. The molecule has 27 heteroatoms. The maximum Gasteiger partial charge on any atom is 0.243 e. The van der Waals surface area contributed by atoms with Crippen molar-refractivity contribution in [2.24, 2.45) is 0 Å². The lowest BCUT2D eigenvalue weighted by atomic mass is 10.2. The van der Waals surface area contributed by atoms with Gasteiger partial charge in [-0.15, -0.1) is 0 Å². The highest BCUT2D eigenvalue weighted by Gasteiger charge is 2.34. The molecular formula is C69H89N9O12S6. The minimum absolute atomic E-state index is 0.00449. The Morgan fingerprint density at radius 1 is 0.250 bits per heavy atom. The second-order valence-corrected chi connectivity index (χ2v) is 36.6. The SMILES string of the molecule is Cc1ccc(S(=O)(=O)N2CCCN(S(=O)(=O)c3ccc(C)cc3)CCN(S(=O)(=O)c3ccc(C)cc3)CCCN(Cc3ccc(CN4CCCN(S(=O)(=O)c5ccc(C)cc5)CCN(S(=O)(=O)c5ccc(C)cc5)CCCN(S(=O)(=O)c5ccc(C)cc5)CC4)nc3)CC2)cc1. The van der Waals surface area contributed by atoms with Crippen LogP contribution in [0.25, 0.3) is 0 Å². The zero-order valence-electron chi connectivity index (χ0n) is 55.5. The van der Waals surface area contributed by atoms with Crippen LogP contribution in [0, 0.1) is 41.5 Å². The van der Waals surface area contributed by atoms with Crippen LogP contribution < -0.4 is 0 Å². The van der Waals surface area contributed by atoms with Crippen LogP contribution in [0.1, 0.15) is 70.3 Å². The van der Waals surface area contributed by atoms with Crippen LogP contribution in [0.5, 0.6) is 0 Å². The topological polar surface area (TPSA) is 244 Å². The number of hydrogen-bond acceptors (Lipinski definition) is 15. The fourth-order valence-corrected chi connectivity index (χ4v) is 20.5. The van der Waals surface area contributed by atoms with E-state index in [0.717, 1.165) is 38.9 Å². The molecule has 0 N–H and O–H groups in total. The third-order valence-corrected chi connectivity index (χ3v) is 29.0. The van der Waals surface area contributed by atoms with E-state index < -0.39 is 60.1 Å². The summed E-state index contributed by atoms with van der Waals surface area (Å²) in [5, 5.41) is 0. The molecule has 6 aromatic carbocycles. The maximum absolute atomic E-state index is 14.7. The quantitative estimate of drug-likeness (QED) is 0.0884. The fraction of sp³-hybridized carbons (Fsp3) is 0.406. The zero-order chi connectivity index (χ0) is 69.1. The van der Waals surface area contributed by atoms with Crippen molar-refractivity contribution in [3.05, 3.63) is 209 Å². The molecule has 96 heavy (non-hydrogen) atoms. The minimum atomic E-state index is -4.18. The molecule has 2 aliphatic heterocycles. The molecule has 7 aromatic rings. The van der Waals surface area contributed by atoms with Crippen LogP contribution in [0.4, 0.5) is 0 Å². The van der Waals surface area contributed by atoms with Gasteiger partial charge in [0.15, 0.2) is 0 Å². The standard InChI is InChI=1S/C69H89N9O12S6/c1-56-11-25-64(26-12-56)91(79,80)73-41-9-43-77(95(87,88)68-33-19-60(5)20-34-68)51-49-75(93(83,84)66-29-15-58(3)16-30-66)39-7-37-71(45-47-73)54-62-23-24-63(70-53-62)55-72-38-8-40-76(94(85,86)67-31-17-59(4)18-32-67)50-52-78(96(89,90)69-35-21-61(6)22-36-69)44-10-42-74(48-46-72)92(81,82)65-27-13-57(2)14-28-65/h11-36,53H,7-10,37-52,54-55H2,1-6H3. The molecule has 0 bridgehead atoms. The third kappa shape index (κ3) is 18.8. The molecule has 0 atom stereocenters. The number of nitrogens with zero attached hydrogens (tertiary/aromatic N) is 9. The van der Waals surface area contributed by atoms with E-state index in [0.29, 0.717) is 18.8 Å². The Morgan fingerprint density at radius 3 is 0.677 bits per heavy atom. The Balaban J connectivity index is 0.995. The number of aryl methyl sites for hydroxylation is 6. The summed E-state index contributed by atoms with van der Waals surface area (Å²) < 4.78 is 183. The summed E-state index contributed by atoms with van der Waals surface area (Å²) in [4.78, 5) is 9.41. The second kappa shape index (κ2) is 32.2. The molecule has 518 valence electrons. The van der Waals surface area contributed by atoms with E-state index in [1.165, 1.54) is 50.1 Å². The first kappa shape index (κ1) is 74.1. The van der Waals surface area contributed by atoms with Gasteiger partial charge in [0.2, 0.25) is 60.1 Å². The summed E-state index contributed by atoms with van der Waals surface area (Å²) in [6.07, 6.45) is 2.47. The Bertz CT molecular complexity index is 4160. The second-order valence-electron chi connectivity index (χ2n) is 24.9. The predicted octanol–water partition coefficient (Wildman–Crippen LogP) is 8.27. The molecule has 0 aliphatic carbocycles. The predicted molar refractivity (Wildman–Crippen MR) is 373 cm³/mol. The van der Waals surface area contributed by atoms with Crippen molar-refractivity contribution in [2.75, 3.05) is 105 Å². The van der Waals surface area contributed by atoms with Gasteiger partial charge in [-0.25, -0.2) is 50.5 Å². The fourth-order valence-electron chi connectivity index (χ4n) is 11.7. The van der Waals surface area contributed by atoms with E-state index in [-0.39, 0.29) is 160 Å². The molecule has 9 rings (SSSR count). The summed E-state index contributed by atoms with van der Waals surface area (Å²) in [5.74, 6) is 0. The van der Waals surface area contributed by atoms with Crippen LogP contribution in [0.2, 0.25) is 0 Å². The molecule has 2 fully saturated rings. The van der Waals surface area contributed by atoms with Crippen molar-refractivity contribution < 1.29 is 50.5 Å². The molecule has 21 nitrogen and oxygen atoms in total. The Kier molecular flexibility index (Phi) is 24.9. The van der Waals surface area contributed by atoms with Crippen molar-refractivity contribution in [3.63, 3.8) is 0 Å². The third-order valence-electron chi connectivity index (χ3n) is 17.6. The van der Waals surface area contributed by atoms with Crippen LogP contribution >= 0.6 is 0 Å². The van der Waals surface area contributed by atoms with Crippen molar-refractivity contribution in [1.82, 2.24) is 40.6 Å². The molecule has 2 saturated heterocycles. The van der Waals surface area contributed by atoms with Crippen LogP contribution in [-0.2, 0) is 73.2 Å². The number of rotatable bonds is 16. The smallest absolute Gasteiger partial charge is 0.243 e. The summed E-state index contributed by atoms with van der Waals surface area (Å²) in [6.45, 7) is 11.6. The van der Waals surface area contributed by atoms with Gasteiger partial charge in [-0.2, -0.15) is 25.8 Å². The summed E-state index contributed by atoms with van der Waals surface area (Å²) in [7, 11) is -24.9. The van der Waals surface area contributed by atoms with Gasteiger partial charge in [0, 0.05) is 111 Å². The molecule has 0 spiro atoms. The van der Waals surface area contributed by atoms with E-state index in [1.54, 1.807) is 128 Å². The van der Waals surface area contributed by atoms with Crippen molar-refractivity contribution in [1.29, 1.82) is 0 Å². The van der Waals surface area contributed by atoms with E-state index in [4.69, 9.17) is 4.98 Å². The lowest BCUT2D eigenvalue weighted by molar-refractivity contribution is 0.220. The average molecular weight is 1430 g/mol. The molecule has 3 heterocycles. The van der Waals surface area contributed by atoms with E-state index >= 15 is 0 Å². The monoisotopic (exact) mass is 1430 g/mol. The highest BCUT2D eigenvalue weighted by atomic mass is 32.2. The normalized spacial score (nSPS) is 18.1. The van der Waals surface area contributed by atoms with Gasteiger partial charge in [0.25, 0.3) is 0 Å². The van der Waals surface area contributed by atoms with Crippen LogP contribution in [-0.4, -0.2) is 196 Å². The van der Waals surface area contributed by atoms with Gasteiger partial charge in [0.1, 0.15) is 0 Å². The minimum Gasteiger partial charge on any atom is -0.298 e. The number of sulfonamides is 6. The zero-order valence-corrected chi connectivity index (χ0v) is 60.4. The number of aromatic nitrogens is 1. The van der Waals surface area contributed by atoms with E-state index in [9.17, 15) is 50.5 Å². The highest BCUT2D eigenvalue weighted by Crippen LogP contribution is 2.27. The highest BCUT2D eigenvalue weighted by molar-refractivity contribution is 7.90. The van der Waals surface area contributed by atoms with Crippen molar-refractivity contribution in [2.45, 2.75) is 110 Å². The molecular weight excluding hydrogens is 1340 g/mol. The number of pyridine rings is 1. The van der Waals surface area contributed by atoms with E-state index in [1.807, 2.05) is 58.6 Å². The summed E-state index contributed by atoms with van der Waals surface area (Å²) in [5.41, 5.74) is 6.58. The average Bonchev–Trinajstić information content (AvgIpc) is 0.840. The van der Waals surface area contributed by atoms with Crippen LogP contribution in [0.15, 0.2) is 193 Å². The van der Waals surface area contributed by atoms with Crippen molar-refractivity contribution in [3.8, 4) is 0 Å². The largest absolute Gasteiger partial charge is 0.298 e. The Morgan fingerprint density at radius 2 is 0.458 bits per heavy atom. The van der Waals surface area contributed by atoms with E-state index in [2.05, 4.69) is 4.90 Å². The molecule has 2 aliphatic rings. The molecule has 0 saturated carbocycles. The first-order valence-electron chi connectivity index (χ1n) is 32.3. The Hall–Kier alpha value is -6.15.